The van der Waals surface area contributed by atoms with Crippen LogP contribution in [0, 0.1) is 13.8 Å². The topological polar surface area (TPSA) is 92.8 Å². The third kappa shape index (κ3) is 8.28. The van der Waals surface area contributed by atoms with Crippen molar-refractivity contribution in [1.29, 1.82) is 0 Å². The lowest BCUT2D eigenvalue weighted by Gasteiger charge is -2.22. The number of carbonyl (C=O) groups is 2. The molecule has 0 saturated carbocycles. The maximum atomic E-state index is 12.9. The summed E-state index contributed by atoms with van der Waals surface area (Å²) in [6.45, 7) is 6.56. The lowest BCUT2D eigenvalue weighted by molar-refractivity contribution is 0.0944. The number of carbonyl (C=O) groups excluding carboxylic acids is 2. The highest BCUT2D eigenvalue weighted by atomic mass is 32.1. The molecule has 31 heavy (non-hydrogen) atoms. The van der Waals surface area contributed by atoms with Gasteiger partial charge in [-0.3, -0.25) is 4.79 Å². The smallest absolute Gasteiger partial charge is 0.322 e. The predicted molar refractivity (Wildman–Crippen MR) is 123 cm³/mol. The largest absolute Gasteiger partial charge is 0.385 e. The van der Waals surface area contributed by atoms with E-state index >= 15 is 0 Å². The molecule has 2 N–H and O–H groups in total. The van der Waals surface area contributed by atoms with Gasteiger partial charge in [0.2, 0.25) is 0 Å². The second-order valence-electron chi connectivity index (χ2n) is 7.23. The summed E-state index contributed by atoms with van der Waals surface area (Å²) in [5.74, 6) is -0.218. The number of aromatic nitrogens is 1. The van der Waals surface area contributed by atoms with Crippen molar-refractivity contribution in [3.05, 3.63) is 45.4 Å². The van der Waals surface area contributed by atoms with Crippen molar-refractivity contribution in [2.75, 3.05) is 45.8 Å². The number of thiazole rings is 1. The fourth-order valence-electron chi connectivity index (χ4n) is 2.83. The molecule has 0 unspecified atom stereocenters. The minimum Gasteiger partial charge on any atom is -0.385 e. The summed E-state index contributed by atoms with van der Waals surface area (Å²) in [7, 11) is 3.26. The molecule has 1 aromatic heterocycles. The number of nitrogens with one attached hydrogen (secondary N) is 2. The SMILES string of the molecule is COCCCNC(=O)c1csc(CN(CCCOC)C(=O)Nc2ccc(C)c(C)c2)n1. The minimum atomic E-state index is -0.218. The quantitative estimate of drug-likeness (QED) is 0.484. The summed E-state index contributed by atoms with van der Waals surface area (Å²) < 4.78 is 10.1. The molecule has 1 heterocycles. The molecule has 0 aliphatic carbocycles. The fraction of sp³-hybridized carbons (Fsp3) is 0.500. The van der Waals surface area contributed by atoms with Crippen molar-refractivity contribution in [2.45, 2.75) is 33.2 Å². The van der Waals surface area contributed by atoms with Gasteiger partial charge in [-0.1, -0.05) is 6.07 Å². The molecule has 0 atom stereocenters. The maximum Gasteiger partial charge on any atom is 0.322 e. The van der Waals surface area contributed by atoms with Crippen LogP contribution in [0.1, 0.15) is 39.5 Å². The van der Waals surface area contributed by atoms with E-state index in [1.54, 1.807) is 24.5 Å². The van der Waals surface area contributed by atoms with Gasteiger partial charge in [-0.05, 0) is 49.9 Å². The number of amides is 3. The van der Waals surface area contributed by atoms with E-state index in [1.165, 1.54) is 16.9 Å². The van der Waals surface area contributed by atoms with Crippen molar-refractivity contribution in [2.24, 2.45) is 0 Å². The zero-order valence-corrected chi connectivity index (χ0v) is 19.5. The molecule has 0 radical (unpaired) electrons. The predicted octanol–water partition coefficient (Wildman–Crippen LogP) is 3.60. The van der Waals surface area contributed by atoms with Crippen molar-refractivity contribution in [3.63, 3.8) is 0 Å². The number of aryl methyl sites for hydroxylation is 2. The Balaban J connectivity index is 2.01. The number of methoxy groups -OCH3 is 2. The first-order chi connectivity index (χ1) is 14.9. The number of rotatable bonds is 12. The number of anilines is 1. The molecular formula is C22H32N4O4S. The van der Waals surface area contributed by atoms with Gasteiger partial charge in [0.15, 0.2) is 0 Å². The molecule has 9 heteroatoms. The summed E-state index contributed by atoms with van der Waals surface area (Å²) in [6, 6.07) is 5.62. The van der Waals surface area contributed by atoms with E-state index < -0.39 is 0 Å². The monoisotopic (exact) mass is 448 g/mol. The van der Waals surface area contributed by atoms with Crippen LogP contribution < -0.4 is 10.6 Å². The van der Waals surface area contributed by atoms with Crippen molar-refractivity contribution < 1.29 is 19.1 Å². The Kier molecular flexibility index (Phi) is 10.4. The van der Waals surface area contributed by atoms with Crippen LogP contribution in [-0.2, 0) is 16.0 Å². The highest BCUT2D eigenvalue weighted by Crippen LogP contribution is 2.17. The molecule has 0 bridgehead atoms. The van der Waals surface area contributed by atoms with Crippen LogP contribution in [0.15, 0.2) is 23.6 Å². The van der Waals surface area contributed by atoms with Crippen molar-refractivity contribution >= 4 is 29.0 Å². The normalized spacial score (nSPS) is 10.7. The summed E-state index contributed by atoms with van der Waals surface area (Å²) in [4.78, 5) is 31.2. The Morgan fingerprint density at radius 2 is 1.84 bits per heavy atom. The number of urea groups is 1. The molecule has 0 aliphatic heterocycles. The number of benzene rings is 1. The maximum absolute atomic E-state index is 12.9. The third-order valence-electron chi connectivity index (χ3n) is 4.74. The summed E-state index contributed by atoms with van der Waals surface area (Å²) >= 11 is 1.37. The molecule has 8 nitrogen and oxygen atoms in total. The van der Waals surface area contributed by atoms with Gasteiger partial charge in [-0.15, -0.1) is 11.3 Å². The second kappa shape index (κ2) is 13.0. The van der Waals surface area contributed by atoms with Gasteiger partial charge in [0, 0.05) is 51.6 Å². The highest BCUT2D eigenvalue weighted by Gasteiger charge is 2.18. The number of hydrogen-bond donors (Lipinski definition) is 2. The van der Waals surface area contributed by atoms with E-state index in [1.807, 2.05) is 32.0 Å². The third-order valence-corrected chi connectivity index (χ3v) is 5.58. The van der Waals surface area contributed by atoms with Crippen LogP contribution in [0.3, 0.4) is 0 Å². The van der Waals surface area contributed by atoms with Crippen LogP contribution in [0.25, 0.3) is 0 Å². The van der Waals surface area contributed by atoms with Gasteiger partial charge in [0.05, 0.1) is 6.54 Å². The molecule has 0 aliphatic rings. The molecule has 2 rings (SSSR count). The molecule has 2 aromatic rings. The minimum absolute atomic E-state index is 0.208. The van der Waals surface area contributed by atoms with Crippen LogP contribution in [0.5, 0.6) is 0 Å². The second-order valence-corrected chi connectivity index (χ2v) is 8.17. The Morgan fingerprint density at radius 3 is 2.55 bits per heavy atom. The Bertz CT molecular complexity index is 856. The molecule has 0 saturated heterocycles. The first-order valence-corrected chi connectivity index (χ1v) is 11.2. The van der Waals surface area contributed by atoms with E-state index in [-0.39, 0.29) is 11.9 Å². The lowest BCUT2D eigenvalue weighted by atomic mass is 10.1. The Labute approximate surface area is 188 Å². The van der Waals surface area contributed by atoms with Crippen molar-refractivity contribution in [1.82, 2.24) is 15.2 Å². The molecule has 0 spiro atoms. The van der Waals surface area contributed by atoms with E-state index in [2.05, 4.69) is 15.6 Å². The Hall–Kier alpha value is -2.49. The summed E-state index contributed by atoms with van der Waals surface area (Å²) in [5.41, 5.74) is 3.40. The lowest BCUT2D eigenvalue weighted by Crippen LogP contribution is -2.35. The van der Waals surface area contributed by atoms with Gasteiger partial charge < -0.3 is 25.0 Å². The molecular weight excluding hydrogens is 416 g/mol. The van der Waals surface area contributed by atoms with Gasteiger partial charge in [-0.2, -0.15) is 0 Å². The molecule has 1 aromatic carbocycles. The average Bonchev–Trinajstić information content (AvgIpc) is 3.22. The first kappa shape index (κ1) is 24.8. The molecule has 0 fully saturated rings. The first-order valence-electron chi connectivity index (χ1n) is 10.3. The van der Waals surface area contributed by atoms with Gasteiger partial charge >= 0.3 is 6.03 Å². The molecule has 170 valence electrons. The van der Waals surface area contributed by atoms with E-state index in [0.717, 1.165) is 17.7 Å². The van der Waals surface area contributed by atoms with Gasteiger partial charge in [-0.25, -0.2) is 9.78 Å². The van der Waals surface area contributed by atoms with E-state index in [9.17, 15) is 9.59 Å². The van der Waals surface area contributed by atoms with Gasteiger partial charge in [0.25, 0.3) is 5.91 Å². The van der Waals surface area contributed by atoms with Crippen LogP contribution in [0.2, 0.25) is 0 Å². The van der Waals surface area contributed by atoms with Crippen LogP contribution in [0.4, 0.5) is 10.5 Å². The van der Waals surface area contributed by atoms with Crippen LogP contribution >= 0.6 is 11.3 Å². The van der Waals surface area contributed by atoms with Gasteiger partial charge in [0.1, 0.15) is 10.7 Å². The standard InChI is InChI=1S/C22H32N4O4S/c1-16-7-8-18(13-17(16)2)24-22(28)26(10-6-12-30-4)14-20-25-19(15-31-20)21(27)23-9-5-11-29-3/h7-8,13,15H,5-6,9-12,14H2,1-4H3,(H,23,27)(H,24,28). The summed E-state index contributed by atoms with van der Waals surface area (Å²) in [5, 5.41) is 8.20. The van der Waals surface area contributed by atoms with Crippen LogP contribution in [-0.4, -0.2) is 62.3 Å². The average molecular weight is 449 g/mol. The number of hydrogen-bond acceptors (Lipinski definition) is 6. The highest BCUT2D eigenvalue weighted by molar-refractivity contribution is 7.09. The fourth-order valence-corrected chi connectivity index (χ4v) is 3.62. The molecule has 3 amide bonds. The Morgan fingerprint density at radius 1 is 1.10 bits per heavy atom. The number of ether oxygens (including phenoxy) is 2. The van der Waals surface area contributed by atoms with E-state index in [0.29, 0.717) is 50.0 Å². The zero-order chi connectivity index (χ0) is 22.6. The zero-order valence-electron chi connectivity index (χ0n) is 18.7. The number of nitrogens with zero attached hydrogens (tertiary/aromatic N) is 2. The summed E-state index contributed by atoms with van der Waals surface area (Å²) in [6.07, 6.45) is 1.44. The van der Waals surface area contributed by atoms with E-state index in [4.69, 9.17) is 9.47 Å². The van der Waals surface area contributed by atoms with Crippen molar-refractivity contribution in [3.8, 4) is 0 Å².